The second-order valence-corrected chi connectivity index (χ2v) is 13.5. The van der Waals surface area contributed by atoms with Crippen LogP contribution >= 0.6 is 0 Å². The summed E-state index contributed by atoms with van der Waals surface area (Å²) in [5.74, 6) is 0. The van der Waals surface area contributed by atoms with E-state index in [1.165, 1.54) is 22.3 Å². The van der Waals surface area contributed by atoms with Crippen molar-refractivity contribution < 1.29 is 17.4 Å². The van der Waals surface area contributed by atoms with Gasteiger partial charge in [-0.15, -0.1) is 0 Å². The molecule has 0 aliphatic heterocycles. The molecule has 0 fully saturated rings. The third-order valence-corrected chi connectivity index (χ3v) is 12.6. The molecule has 0 N–H and O–H groups in total. The molecule has 0 nitrogen and oxygen atoms in total. The topological polar surface area (TPSA) is 0 Å². The first-order valence-corrected chi connectivity index (χ1v) is 13.4. The monoisotopic (exact) mass is 420 g/mol. The van der Waals surface area contributed by atoms with Crippen molar-refractivity contribution >= 4 is 3.81 Å². The molecule has 2 aliphatic carbocycles. The summed E-state index contributed by atoms with van der Waals surface area (Å²) in [5.41, 5.74) is 12.0. The van der Waals surface area contributed by atoms with Gasteiger partial charge in [0.25, 0.3) is 0 Å². The summed E-state index contributed by atoms with van der Waals surface area (Å²) >= 11 is -1.82. The molecule has 0 saturated heterocycles. The Morgan fingerprint density at radius 2 is 0.733 bits per heavy atom. The minimum atomic E-state index is -1.82. The summed E-state index contributed by atoms with van der Waals surface area (Å²) in [6.45, 7) is 4.81. The molecule has 4 aromatic carbocycles. The third-order valence-electron chi connectivity index (χ3n) is 6.87. The number of rotatable bonds is 2. The predicted octanol–water partition coefficient (Wildman–Crippen LogP) is 7.36. The Kier molecular flexibility index (Phi) is 4.27. The number of hydrogen-bond donors (Lipinski definition) is 0. The molecule has 0 spiro atoms. The fraction of sp³-hybridized carbons (Fsp3) is 0.138. The van der Waals surface area contributed by atoms with Crippen molar-refractivity contribution in [3.05, 3.63) is 119 Å². The predicted molar refractivity (Wildman–Crippen MR) is 124 cm³/mol. The van der Waals surface area contributed by atoms with E-state index < -0.39 is 17.4 Å². The molecule has 4 aromatic rings. The normalized spacial score (nSPS) is 14.1. The first-order valence-electron chi connectivity index (χ1n) is 10.8. The molecule has 0 amide bonds. The van der Waals surface area contributed by atoms with E-state index >= 15 is 0 Å². The first-order chi connectivity index (χ1) is 14.8. The Hall–Kier alpha value is -2.54. The summed E-state index contributed by atoms with van der Waals surface area (Å²) in [5, 5.41) is 0. The molecule has 0 atom stereocenters. The Balaban J connectivity index is 1.64. The molecule has 2 aliphatic rings. The molecular weight excluding hydrogens is 396 g/mol. The van der Waals surface area contributed by atoms with Gasteiger partial charge in [0.05, 0.1) is 0 Å². The molecule has 0 radical (unpaired) electrons. The van der Waals surface area contributed by atoms with Crippen molar-refractivity contribution in [3.8, 4) is 22.3 Å². The number of benzene rings is 4. The van der Waals surface area contributed by atoms with Gasteiger partial charge in [0.1, 0.15) is 0 Å². The molecule has 0 heterocycles. The van der Waals surface area contributed by atoms with Gasteiger partial charge < -0.3 is 0 Å². The van der Waals surface area contributed by atoms with E-state index in [0.717, 1.165) is 0 Å². The average Bonchev–Trinajstić information content (AvgIpc) is 3.29. The van der Waals surface area contributed by atoms with Crippen LogP contribution in [0.5, 0.6) is 0 Å². The van der Waals surface area contributed by atoms with Crippen LogP contribution in [0.1, 0.15) is 44.5 Å². The van der Waals surface area contributed by atoms with Gasteiger partial charge in [0, 0.05) is 0 Å². The Bertz CT molecular complexity index is 1140. The van der Waals surface area contributed by atoms with Crippen LogP contribution in [0.3, 0.4) is 0 Å². The second kappa shape index (κ2) is 7.01. The summed E-state index contributed by atoms with van der Waals surface area (Å²) in [6.07, 6.45) is 0. The van der Waals surface area contributed by atoms with Gasteiger partial charge >= 0.3 is 185 Å². The number of fused-ring (bicyclic) bond motifs is 6. The van der Waals surface area contributed by atoms with Gasteiger partial charge in [0.15, 0.2) is 0 Å². The maximum absolute atomic E-state index is 2.41. The summed E-state index contributed by atoms with van der Waals surface area (Å²) in [7, 11) is 0. The van der Waals surface area contributed by atoms with Crippen molar-refractivity contribution in [2.24, 2.45) is 0 Å². The van der Waals surface area contributed by atoms with Crippen LogP contribution in [0.4, 0.5) is 0 Å². The van der Waals surface area contributed by atoms with Crippen LogP contribution in [-0.2, 0) is 17.4 Å². The quantitative estimate of drug-likeness (QED) is 0.297. The van der Waals surface area contributed by atoms with Gasteiger partial charge in [-0.3, -0.25) is 0 Å². The van der Waals surface area contributed by atoms with Crippen molar-refractivity contribution in [1.29, 1.82) is 0 Å². The Labute approximate surface area is 184 Å². The van der Waals surface area contributed by atoms with Crippen molar-refractivity contribution in [2.75, 3.05) is 0 Å². The fourth-order valence-electron chi connectivity index (χ4n) is 5.73. The molecule has 0 saturated carbocycles. The molecule has 0 aromatic heterocycles. The van der Waals surface area contributed by atoms with Gasteiger partial charge in [0.2, 0.25) is 0 Å². The molecule has 1 heteroatoms. The number of hydrogen-bond acceptors (Lipinski definition) is 0. The van der Waals surface area contributed by atoms with E-state index in [-0.39, 0.29) is 0 Å². The Morgan fingerprint density at radius 3 is 1.00 bits per heavy atom. The van der Waals surface area contributed by atoms with Gasteiger partial charge in [-0.1, -0.05) is 0 Å². The maximum atomic E-state index is 2.41. The van der Waals surface area contributed by atoms with Crippen LogP contribution in [0.25, 0.3) is 22.3 Å². The van der Waals surface area contributed by atoms with Gasteiger partial charge in [-0.05, 0) is 0 Å². The second-order valence-electron chi connectivity index (χ2n) is 8.67. The van der Waals surface area contributed by atoms with E-state index in [2.05, 4.69) is 111 Å². The third kappa shape index (κ3) is 2.54. The summed E-state index contributed by atoms with van der Waals surface area (Å²) in [6, 6.07) is 36.6. The van der Waals surface area contributed by atoms with Crippen molar-refractivity contribution in [3.63, 3.8) is 0 Å². The van der Waals surface area contributed by atoms with Crippen LogP contribution in [0.2, 0.25) is 0 Å². The molecule has 144 valence electrons. The standard InChI is InChI=1S/2C13H9.C3H6.Ti/c2*1-3-7-12-10(5-1)9-11-6-2-4-8-13(11)12;1-3-2;/h2*1-9H;1-2H3;. The molecular formula is C29H24Ti. The summed E-state index contributed by atoms with van der Waals surface area (Å²) in [4.78, 5) is 0. The van der Waals surface area contributed by atoms with E-state index in [0.29, 0.717) is 8.45 Å². The fourth-order valence-corrected chi connectivity index (χ4v) is 11.7. The van der Waals surface area contributed by atoms with E-state index in [9.17, 15) is 0 Å². The molecule has 0 bridgehead atoms. The zero-order valence-corrected chi connectivity index (χ0v) is 19.0. The molecule has 6 rings (SSSR count). The SMILES string of the molecule is C[C](C)=[Ti]([CH]1c2ccccc2-c2ccccc21)[CH]1c2ccccc2-c2ccccc21. The van der Waals surface area contributed by atoms with Crippen LogP contribution in [0, 0.1) is 0 Å². The summed E-state index contributed by atoms with van der Waals surface area (Å²) < 4.78 is 2.77. The van der Waals surface area contributed by atoms with Crippen LogP contribution in [0.15, 0.2) is 97.1 Å². The van der Waals surface area contributed by atoms with E-state index in [4.69, 9.17) is 0 Å². The van der Waals surface area contributed by atoms with Gasteiger partial charge in [-0.2, -0.15) is 0 Å². The zero-order chi connectivity index (χ0) is 20.2. The van der Waals surface area contributed by atoms with Crippen molar-refractivity contribution in [1.82, 2.24) is 0 Å². The Morgan fingerprint density at radius 1 is 0.467 bits per heavy atom. The zero-order valence-electron chi connectivity index (χ0n) is 17.4. The minimum absolute atomic E-state index is 0.548. The van der Waals surface area contributed by atoms with Crippen LogP contribution in [-0.4, -0.2) is 3.81 Å². The average molecular weight is 420 g/mol. The van der Waals surface area contributed by atoms with E-state index in [1.54, 1.807) is 26.1 Å². The first kappa shape index (κ1) is 18.3. The van der Waals surface area contributed by atoms with Crippen LogP contribution < -0.4 is 0 Å². The van der Waals surface area contributed by atoms with E-state index in [1.807, 2.05) is 0 Å². The molecule has 0 unspecified atom stereocenters. The van der Waals surface area contributed by atoms with Gasteiger partial charge in [-0.25, -0.2) is 0 Å². The van der Waals surface area contributed by atoms with Crippen molar-refractivity contribution in [2.45, 2.75) is 22.3 Å². The molecule has 30 heavy (non-hydrogen) atoms.